The van der Waals surface area contributed by atoms with Crippen molar-refractivity contribution in [3.8, 4) is 0 Å². The molecule has 0 aliphatic rings. The van der Waals surface area contributed by atoms with E-state index in [1.165, 1.54) is 6.92 Å². The Hall–Kier alpha value is -0.770. The fourth-order valence-corrected chi connectivity index (χ4v) is 1.18. The van der Waals surface area contributed by atoms with Crippen LogP contribution in [0.2, 0.25) is 0 Å². The lowest BCUT2D eigenvalue weighted by Crippen LogP contribution is -2.00. The van der Waals surface area contributed by atoms with Crippen molar-refractivity contribution in [3.05, 3.63) is 28.8 Å². The standard InChI is InChI=1S/C8H7ClF3N/c1-4-5(3-9)2-6(7(10)11)13-8(4)12/h2,7H,3H2,1H3. The van der Waals surface area contributed by atoms with Gasteiger partial charge in [0, 0.05) is 11.4 Å². The van der Waals surface area contributed by atoms with Gasteiger partial charge in [-0.1, -0.05) is 0 Å². The van der Waals surface area contributed by atoms with Crippen LogP contribution in [0, 0.1) is 12.9 Å². The number of rotatable bonds is 2. The van der Waals surface area contributed by atoms with E-state index in [-0.39, 0.29) is 11.4 Å². The quantitative estimate of drug-likeness (QED) is 0.538. The topological polar surface area (TPSA) is 12.9 Å². The summed E-state index contributed by atoms with van der Waals surface area (Å²) in [5, 5.41) is 0. The van der Waals surface area contributed by atoms with Crippen LogP contribution in [0.3, 0.4) is 0 Å². The number of halogens is 4. The average molecular weight is 210 g/mol. The van der Waals surface area contributed by atoms with Gasteiger partial charge >= 0.3 is 0 Å². The van der Waals surface area contributed by atoms with Crippen LogP contribution in [0.15, 0.2) is 6.07 Å². The van der Waals surface area contributed by atoms with Crippen LogP contribution in [-0.4, -0.2) is 4.98 Å². The molecule has 0 unspecified atom stereocenters. The molecule has 1 nitrogen and oxygen atoms in total. The molecule has 0 aliphatic heterocycles. The van der Waals surface area contributed by atoms with Gasteiger partial charge in [0.2, 0.25) is 5.95 Å². The molecule has 0 radical (unpaired) electrons. The van der Waals surface area contributed by atoms with Gasteiger partial charge in [0.25, 0.3) is 6.43 Å². The average Bonchev–Trinajstić information content (AvgIpc) is 2.09. The Balaban J connectivity index is 3.22. The molecular weight excluding hydrogens is 203 g/mol. The summed E-state index contributed by atoms with van der Waals surface area (Å²) in [5.41, 5.74) is 0.00242. The molecule has 0 spiro atoms. The van der Waals surface area contributed by atoms with E-state index in [4.69, 9.17) is 11.6 Å². The Bertz CT molecular complexity index is 315. The molecule has 0 bridgehead atoms. The zero-order valence-corrected chi connectivity index (χ0v) is 7.58. The zero-order chi connectivity index (χ0) is 10.0. The Labute approximate surface area is 78.5 Å². The molecule has 5 heteroatoms. The molecule has 0 saturated heterocycles. The molecule has 13 heavy (non-hydrogen) atoms. The van der Waals surface area contributed by atoms with Crippen LogP contribution in [-0.2, 0) is 5.88 Å². The van der Waals surface area contributed by atoms with Gasteiger partial charge in [-0.25, -0.2) is 13.8 Å². The molecule has 0 aliphatic carbocycles. The van der Waals surface area contributed by atoms with Gasteiger partial charge in [0.15, 0.2) is 0 Å². The number of nitrogens with zero attached hydrogens (tertiary/aromatic N) is 1. The van der Waals surface area contributed by atoms with E-state index in [2.05, 4.69) is 4.98 Å². The maximum absolute atomic E-state index is 12.9. The van der Waals surface area contributed by atoms with E-state index in [0.717, 1.165) is 6.07 Å². The first-order valence-corrected chi connectivity index (χ1v) is 4.09. The summed E-state index contributed by atoms with van der Waals surface area (Å²) in [7, 11) is 0. The SMILES string of the molecule is Cc1c(CCl)cc(C(F)F)nc1F. The first-order chi connectivity index (χ1) is 6.06. The molecule has 1 rings (SSSR count). The number of hydrogen-bond donors (Lipinski definition) is 0. The molecule has 0 N–H and O–H groups in total. The number of aromatic nitrogens is 1. The van der Waals surface area contributed by atoms with E-state index in [9.17, 15) is 13.2 Å². The second-order valence-corrected chi connectivity index (χ2v) is 2.82. The Kier molecular flexibility index (Phi) is 3.14. The van der Waals surface area contributed by atoms with Crippen LogP contribution < -0.4 is 0 Å². The lowest BCUT2D eigenvalue weighted by atomic mass is 10.1. The first kappa shape index (κ1) is 10.3. The zero-order valence-electron chi connectivity index (χ0n) is 6.82. The molecule has 0 fully saturated rings. The maximum atomic E-state index is 12.9. The van der Waals surface area contributed by atoms with Crippen LogP contribution in [0.1, 0.15) is 23.2 Å². The third kappa shape index (κ3) is 2.12. The Morgan fingerprint density at radius 3 is 2.62 bits per heavy atom. The van der Waals surface area contributed by atoms with Crippen LogP contribution >= 0.6 is 11.6 Å². The largest absolute Gasteiger partial charge is 0.280 e. The second-order valence-electron chi connectivity index (χ2n) is 2.56. The number of pyridine rings is 1. The Morgan fingerprint density at radius 2 is 2.15 bits per heavy atom. The predicted molar refractivity (Wildman–Crippen MR) is 43.4 cm³/mol. The van der Waals surface area contributed by atoms with Gasteiger partial charge in [-0.15, -0.1) is 11.6 Å². The summed E-state index contributed by atoms with van der Waals surface area (Å²) in [6.07, 6.45) is -2.77. The second kappa shape index (κ2) is 3.96. The summed E-state index contributed by atoms with van der Waals surface area (Å²) < 4.78 is 37.1. The van der Waals surface area contributed by atoms with Gasteiger partial charge in [-0.05, 0) is 18.6 Å². The van der Waals surface area contributed by atoms with Crippen LogP contribution in [0.5, 0.6) is 0 Å². The van der Waals surface area contributed by atoms with Crippen molar-refractivity contribution in [1.82, 2.24) is 4.98 Å². The summed E-state index contributed by atoms with van der Waals surface area (Å²) in [6, 6.07) is 1.12. The van der Waals surface area contributed by atoms with Gasteiger partial charge in [0.1, 0.15) is 5.69 Å². The molecule has 0 saturated carbocycles. The van der Waals surface area contributed by atoms with Crippen LogP contribution in [0.25, 0.3) is 0 Å². The molecule has 72 valence electrons. The van der Waals surface area contributed by atoms with E-state index >= 15 is 0 Å². The minimum Gasteiger partial charge on any atom is -0.219 e. The highest BCUT2D eigenvalue weighted by atomic mass is 35.5. The summed E-state index contributed by atoms with van der Waals surface area (Å²) >= 11 is 5.44. The van der Waals surface area contributed by atoms with Crippen molar-refractivity contribution in [2.24, 2.45) is 0 Å². The minimum atomic E-state index is -2.77. The van der Waals surface area contributed by atoms with Crippen molar-refractivity contribution in [2.45, 2.75) is 19.2 Å². The molecule has 0 aromatic carbocycles. The van der Waals surface area contributed by atoms with Crippen molar-refractivity contribution >= 4 is 11.6 Å². The highest BCUT2D eigenvalue weighted by Gasteiger charge is 2.14. The molecule has 1 aromatic rings. The summed E-state index contributed by atoms with van der Waals surface area (Å²) in [4.78, 5) is 3.11. The fourth-order valence-electron chi connectivity index (χ4n) is 0.899. The first-order valence-electron chi connectivity index (χ1n) is 3.56. The van der Waals surface area contributed by atoms with Gasteiger partial charge in [-0.2, -0.15) is 4.39 Å². The minimum absolute atomic E-state index is 0.00495. The van der Waals surface area contributed by atoms with Crippen LogP contribution in [0.4, 0.5) is 13.2 Å². The molecular formula is C8H7ClF3N. The van der Waals surface area contributed by atoms with Gasteiger partial charge in [0.05, 0.1) is 0 Å². The summed E-state index contributed by atoms with van der Waals surface area (Å²) in [6.45, 7) is 1.45. The molecule has 0 amide bonds. The van der Waals surface area contributed by atoms with Crippen molar-refractivity contribution < 1.29 is 13.2 Å². The lowest BCUT2D eigenvalue weighted by Gasteiger charge is -2.05. The van der Waals surface area contributed by atoms with E-state index in [1.807, 2.05) is 0 Å². The molecule has 0 atom stereocenters. The number of hydrogen-bond acceptors (Lipinski definition) is 1. The van der Waals surface area contributed by atoms with Crippen molar-refractivity contribution in [3.63, 3.8) is 0 Å². The van der Waals surface area contributed by atoms with E-state index in [1.54, 1.807) is 0 Å². The molecule has 1 heterocycles. The van der Waals surface area contributed by atoms with Gasteiger partial charge < -0.3 is 0 Å². The summed E-state index contributed by atoms with van der Waals surface area (Å²) in [5.74, 6) is -0.876. The normalized spacial score (nSPS) is 10.9. The molecule has 1 aromatic heterocycles. The van der Waals surface area contributed by atoms with E-state index < -0.39 is 18.1 Å². The third-order valence-corrected chi connectivity index (χ3v) is 2.00. The lowest BCUT2D eigenvalue weighted by molar-refractivity contribution is 0.144. The van der Waals surface area contributed by atoms with Crippen molar-refractivity contribution in [1.29, 1.82) is 0 Å². The van der Waals surface area contributed by atoms with Gasteiger partial charge in [-0.3, -0.25) is 0 Å². The smallest absolute Gasteiger partial charge is 0.219 e. The number of alkyl halides is 3. The van der Waals surface area contributed by atoms with Crippen molar-refractivity contribution in [2.75, 3.05) is 0 Å². The maximum Gasteiger partial charge on any atom is 0.280 e. The highest BCUT2D eigenvalue weighted by Crippen LogP contribution is 2.21. The Morgan fingerprint density at radius 1 is 1.54 bits per heavy atom. The monoisotopic (exact) mass is 209 g/mol. The fraction of sp³-hybridized carbons (Fsp3) is 0.375. The third-order valence-electron chi connectivity index (χ3n) is 1.71. The highest BCUT2D eigenvalue weighted by molar-refractivity contribution is 6.17. The van der Waals surface area contributed by atoms with E-state index in [0.29, 0.717) is 5.56 Å². The predicted octanol–water partition coefficient (Wildman–Crippen LogP) is 3.21.